The van der Waals surface area contributed by atoms with Crippen LogP contribution in [-0.4, -0.2) is 43.9 Å². The molecule has 6 nitrogen and oxygen atoms in total. The topological polar surface area (TPSA) is 60.4 Å². The van der Waals surface area contributed by atoms with Crippen molar-refractivity contribution in [2.24, 2.45) is 5.16 Å². The second-order valence-corrected chi connectivity index (χ2v) is 6.67. The Morgan fingerprint density at radius 3 is 2.64 bits per heavy atom. The molecule has 28 heavy (non-hydrogen) atoms. The van der Waals surface area contributed by atoms with Gasteiger partial charge in [-0.2, -0.15) is 0 Å². The third-order valence-electron chi connectivity index (χ3n) is 4.73. The molecule has 3 rings (SSSR count). The van der Waals surface area contributed by atoms with Gasteiger partial charge < -0.3 is 19.2 Å². The maximum absolute atomic E-state index is 13.4. The molecule has 1 unspecified atom stereocenters. The van der Waals surface area contributed by atoms with Crippen LogP contribution in [0.1, 0.15) is 23.1 Å². The first-order chi connectivity index (χ1) is 13.4. The number of carbonyl (C=O) groups is 1. The van der Waals surface area contributed by atoms with E-state index in [0.717, 1.165) is 11.1 Å². The number of amides is 1. The number of hydrogen-bond donors (Lipinski definition) is 0. The summed E-state index contributed by atoms with van der Waals surface area (Å²) < 4.78 is 24.1. The molecule has 0 aromatic heterocycles. The first kappa shape index (κ1) is 19.7. The van der Waals surface area contributed by atoms with Crippen LogP contribution in [0.4, 0.5) is 4.39 Å². The minimum atomic E-state index is -0.719. The van der Waals surface area contributed by atoms with Crippen molar-refractivity contribution in [1.29, 1.82) is 0 Å². The average molecular weight is 386 g/mol. The van der Waals surface area contributed by atoms with Crippen LogP contribution in [0.25, 0.3) is 0 Å². The lowest BCUT2D eigenvalue weighted by atomic mass is 10.0. The highest BCUT2D eigenvalue weighted by Crippen LogP contribution is 2.31. The number of oxime groups is 1. The summed E-state index contributed by atoms with van der Waals surface area (Å²) in [4.78, 5) is 19.7. The highest BCUT2D eigenvalue weighted by Gasteiger charge is 2.31. The lowest BCUT2D eigenvalue weighted by molar-refractivity contribution is -0.141. The summed E-state index contributed by atoms with van der Waals surface area (Å²) in [7, 11) is 4.87. The number of halogens is 1. The standard InChI is InChI=1S/C21H23FN2O4/c1-13-8-18(26-3)19(27-4)10-15(13)12-24(2)21(25)20-11-17(23-28-20)14-6-5-7-16(22)9-14/h5-10,20H,11-12H2,1-4H3. The number of ether oxygens (including phenoxy) is 2. The van der Waals surface area contributed by atoms with Crippen LogP contribution in [0.2, 0.25) is 0 Å². The predicted octanol–water partition coefficient (Wildman–Crippen LogP) is 3.30. The van der Waals surface area contributed by atoms with Crippen LogP contribution in [0.5, 0.6) is 11.5 Å². The van der Waals surface area contributed by atoms with Crippen molar-refractivity contribution in [2.45, 2.75) is 26.0 Å². The van der Waals surface area contributed by atoms with Crippen molar-refractivity contribution in [2.75, 3.05) is 21.3 Å². The number of rotatable bonds is 6. The van der Waals surface area contributed by atoms with E-state index in [-0.39, 0.29) is 11.7 Å². The molecule has 1 heterocycles. The van der Waals surface area contributed by atoms with E-state index in [2.05, 4.69) is 5.16 Å². The average Bonchev–Trinajstić information content (AvgIpc) is 3.18. The van der Waals surface area contributed by atoms with Crippen LogP contribution in [0, 0.1) is 12.7 Å². The highest BCUT2D eigenvalue weighted by atomic mass is 19.1. The Labute approximate surface area is 163 Å². The Kier molecular flexibility index (Phi) is 5.82. The van der Waals surface area contributed by atoms with Crippen molar-refractivity contribution in [1.82, 2.24) is 4.90 Å². The number of carbonyl (C=O) groups excluding carboxylic acids is 1. The number of likely N-dealkylation sites (N-methyl/N-ethyl adjacent to an activating group) is 1. The Bertz CT molecular complexity index is 913. The van der Waals surface area contributed by atoms with Crippen molar-refractivity contribution < 1.29 is 23.5 Å². The maximum atomic E-state index is 13.4. The monoisotopic (exact) mass is 386 g/mol. The molecule has 0 fully saturated rings. The zero-order valence-electron chi connectivity index (χ0n) is 16.4. The summed E-state index contributed by atoms with van der Waals surface area (Å²) in [6.45, 7) is 2.34. The second kappa shape index (κ2) is 8.29. The molecule has 0 N–H and O–H groups in total. The summed E-state index contributed by atoms with van der Waals surface area (Å²) in [6, 6.07) is 9.84. The van der Waals surface area contributed by atoms with Gasteiger partial charge in [0.2, 0.25) is 6.10 Å². The molecule has 1 atom stereocenters. The first-order valence-corrected chi connectivity index (χ1v) is 8.88. The zero-order chi connectivity index (χ0) is 20.3. The van der Waals surface area contributed by atoms with Gasteiger partial charge in [0.1, 0.15) is 5.82 Å². The molecule has 0 aliphatic carbocycles. The lowest BCUT2D eigenvalue weighted by Crippen LogP contribution is -2.36. The highest BCUT2D eigenvalue weighted by molar-refractivity contribution is 6.04. The van der Waals surface area contributed by atoms with E-state index >= 15 is 0 Å². The normalized spacial score (nSPS) is 15.6. The fraction of sp³-hybridized carbons (Fsp3) is 0.333. The summed E-state index contributed by atoms with van der Waals surface area (Å²) in [5, 5.41) is 3.97. The van der Waals surface area contributed by atoms with E-state index in [9.17, 15) is 9.18 Å². The molecule has 0 saturated heterocycles. The minimum absolute atomic E-state index is 0.190. The van der Waals surface area contributed by atoms with Gasteiger partial charge in [0.25, 0.3) is 5.91 Å². The molecule has 148 valence electrons. The molecule has 2 aromatic carbocycles. The van der Waals surface area contributed by atoms with Gasteiger partial charge in [-0.15, -0.1) is 0 Å². The summed E-state index contributed by atoms with van der Waals surface area (Å²) in [6.07, 6.45) is -0.416. The van der Waals surface area contributed by atoms with Gasteiger partial charge in [0, 0.05) is 25.6 Å². The summed E-state index contributed by atoms with van der Waals surface area (Å²) >= 11 is 0. The van der Waals surface area contributed by atoms with Crippen molar-refractivity contribution in [3.63, 3.8) is 0 Å². The smallest absolute Gasteiger partial charge is 0.266 e. The molecule has 1 aliphatic rings. The number of benzene rings is 2. The Morgan fingerprint density at radius 2 is 1.96 bits per heavy atom. The van der Waals surface area contributed by atoms with E-state index < -0.39 is 6.10 Å². The molecule has 0 spiro atoms. The minimum Gasteiger partial charge on any atom is -0.493 e. The molecule has 0 bridgehead atoms. The molecule has 1 amide bonds. The largest absolute Gasteiger partial charge is 0.493 e. The molecule has 0 saturated carbocycles. The van der Waals surface area contributed by atoms with E-state index in [1.165, 1.54) is 12.1 Å². The third-order valence-corrected chi connectivity index (χ3v) is 4.73. The molecule has 2 aromatic rings. The number of nitrogens with zero attached hydrogens (tertiary/aromatic N) is 2. The predicted molar refractivity (Wildman–Crippen MR) is 103 cm³/mol. The SMILES string of the molecule is COc1cc(C)c(CN(C)C(=O)C2CC(c3cccc(F)c3)=NO2)cc1OC. The van der Waals surface area contributed by atoms with E-state index in [0.29, 0.717) is 35.7 Å². The number of methoxy groups -OCH3 is 2. The van der Waals surface area contributed by atoms with Crippen molar-refractivity contribution >= 4 is 11.6 Å². The Morgan fingerprint density at radius 1 is 1.25 bits per heavy atom. The lowest BCUT2D eigenvalue weighted by Gasteiger charge is -2.22. The van der Waals surface area contributed by atoms with E-state index in [1.807, 2.05) is 19.1 Å². The van der Waals surface area contributed by atoms with Crippen LogP contribution < -0.4 is 9.47 Å². The Hall–Kier alpha value is -3.09. The fourth-order valence-corrected chi connectivity index (χ4v) is 3.12. The van der Waals surface area contributed by atoms with Gasteiger partial charge in [-0.1, -0.05) is 17.3 Å². The van der Waals surface area contributed by atoms with Gasteiger partial charge in [-0.05, 0) is 42.3 Å². The first-order valence-electron chi connectivity index (χ1n) is 8.88. The quantitative estimate of drug-likeness (QED) is 0.764. The molecule has 0 radical (unpaired) electrons. The van der Waals surface area contributed by atoms with Gasteiger partial charge >= 0.3 is 0 Å². The Balaban J connectivity index is 1.68. The maximum Gasteiger partial charge on any atom is 0.266 e. The third kappa shape index (κ3) is 4.08. The second-order valence-electron chi connectivity index (χ2n) is 6.67. The molecular formula is C21H23FN2O4. The number of hydrogen-bond acceptors (Lipinski definition) is 5. The van der Waals surface area contributed by atoms with Gasteiger partial charge in [0.05, 0.1) is 19.9 Å². The van der Waals surface area contributed by atoms with Gasteiger partial charge in [-0.25, -0.2) is 4.39 Å². The van der Waals surface area contributed by atoms with Crippen LogP contribution in [0.3, 0.4) is 0 Å². The number of aryl methyl sites for hydroxylation is 1. The van der Waals surface area contributed by atoms with E-state index in [4.69, 9.17) is 14.3 Å². The van der Waals surface area contributed by atoms with Crippen LogP contribution in [-0.2, 0) is 16.2 Å². The van der Waals surface area contributed by atoms with Crippen molar-refractivity contribution in [3.05, 3.63) is 58.9 Å². The molecular weight excluding hydrogens is 363 g/mol. The summed E-state index contributed by atoms with van der Waals surface area (Å²) in [5.74, 6) is 0.711. The van der Waals surface area contributed by atoms with Crippen LogP contribution >= 0.6 is 0 Å². The molecule has 1 aliphatic heterocycles. The van der Waals surface area contributed by atoms with Crippen molar-refractivity contribution in [3.8, 4) is 11.5 Å². The fourth-order valence-electron chi connectivity index (χ4n) is 3.12. The van der Waals surface area contributed by atoms with E-state index in [1.54, 1.807) is 38.3 Å². The molecule has 7 heteroatoms. The van der Waals surface area contributed by atoms with Gasteiger partial charge in [0.15, 0.2) is 11.5 Å². The van der Waals surface area contributed by atoms with Gasteiger partial charge in [-0.3, -0.25) is 4.79 Å². The summed E-state index contributed by atoms with van der Waals surface area (Å²) in [5.41, 5.74) is 3.11. The zero-order valence-corrected chi connectivity index (χ0v) is 16.4. The van der Waals surface area contributed by atoms with Crippen LogP contribution in [0.15, 0.2) is 41.6 Å².